The number of halogens is 2. The van der Waals surface area contributed by atoms with E-state index in [9.17, 15) is 4.39 Å². The molecule has 34 heavy (non-hydrogen) atoms. The molecule has 4 heterocycles. The Bertz CT molecular complexity index is 1420. The molecule has 2 fully saturated rings. The average Bonchev–Trinajstić information content (AvgIpc) is 3.46. The number of hydrogen-bond donors (Lipinski definition) is 3. The van der Waals surface area contributed by atoms with Crippen LogP contribution in [0.3, 0.4) is 0 Å². The molecule has 0 radical (unpaired) electrons. The molecule has 11 heteroatoms. The van der Waals surface area contributed by atoms with Crippen LogP contribution in [0.5, 0.6) is 11.8 Å². The summed E-state index contributed by atoms with van der Waals surface area (Å²) in [7, 11) is 1.65. The van der Waals surface area contributed by atoms with Gasteiger partial charge < -0.3 is 25.7 Å². The summed E-state index contributed by atoms with van der Waals surface area (Å²) < 4.78 is 35.5. The Hall–Kier alpha value is -3.60. The highest BCUT2D eigenvalue weighted by Gasteiger charge is 2.49. The molecule has 2 aliphatic rings. The molecule has 1 aromatic carbocycles. The summed E-state index contributed by atoms with van der Waals surface area (Å²) in [6.45, 7) is 3.17. The summed E-state index contributed by atoms with van der Waals surface area (Å²) in [5, 5.41) is 3.45. The SMILES string of the molecule is CNc1cc(F)c(F)c2c1[nH]c1nc(Oc3cnc(C)nc3)nc(N3CC[C@]4(CC[C@H]4N)C3)c12. The molecule has 9 nitrogen and oxygen atoms in total. The molecule has 176 valence electrons. The van der Waals surface area contributed by atoms with E-state index in [1.807, 2.05) is 0 Å². The van der Waals surface area contributed by atoms with E-state index in [1.54, 1.807) is 14.0 Å². The van der Waals surface area contributed by atoms with E-state index < -0.39 is 11.6 Å². The lowest BCUT2D eigenvalue weighted by Crippen LogP contribution is -2.52. The zero-order valence-electron chi connectivity index (χ0n) is 18.8. The van der Waals surface area contributed by atoms with Crippen molar-refractivity contribution in [2.24, 2.45) is 11.1 Å². The van der Waals surface area contributed by atoms with E-state index in [4.69, 9.17) is 10.5 Å². The molecular formula is C23H24F2N8O. The minimum atomic E-state index is -0.945. The van der Waals surface area contributed by atoms with Crippen molar-refractivity contribution in [3.63, 3.8) is 0 Å². The van der Waals surface area contributed by atoms with Crippen molar-refractivity contribution >= 4 is 33.4 Å². The molecular weight excluding hydrogens is 442 g/mol. The molecule has 0 unspecified atom stereocenters. The van der Waals surface area contributed by atoms with Crippen LogP contribution >= 0.6 is 0 Å². The van der Waals surface area contributed by atoms with Gasteiger partial charge in [-0.15, -0.1) is 0 Å². The maximum absolute atomic E-state index is 15.2. The van der Waals surface area contributed by atoms with Gasteiger partial charge in [-0.1, -0.05) is 0 Å². The number of anilines is 2. The number of aryl methyl sites for hydroxylation is 1. The summed E-state index contributed by atoms with van der Waals surface area (Å²) in [6, 6.07) is 1.31. The minimum absolute atomic E-state index is 0.0229. The first kappa shape index (κ1) is 21.0. The average molecular weight is 466 g/mol. The fraction of sp³-hybridized carbons (Fsp3) is 0.391. The van der Waals surface area contributed by atoms with Crippen molar-refractivity contribution < 1.29 is 13.5 Å². The number of ether oxygens (including phenoxy) is 1. The number of rotatable bonds is 4. The van der Waals surface area contributed by atoms with Gasteiger partial charge in [0.25, 0.3) is 0 Å². The Morgan fingerprint density at radius 2 is 2.00 bits per heavy atom. The molecule has 1 spiro atoms. The molecule has 0 bridgehead atoms. The Kier molecular flexibility index (Phi) is 4.60. The van der Waals surface area contributed by atoms with Gasteiger partial charge in [0, 0.05) is 37.7 Å². The lowest BCUT2D eigenvalue weighted by molar-refractivity contribution is 0.122. The van der Waals surface area contributed by atoms with Crippen molar-refractivity contribution in [2.45, 2.75) is 32.2 Å². The van der Waals surface area contributed by atoms with Crippen LogP contribution in [0.25, 0.3) is 21.9 Å². The van der Waals surface area contributed by atoms with Gasteiger partial charge in [-0.2, -0.15) is 9.97 Å². The third-order valence-electron chi connectivity index (χ3n) is 7.24. The van der Waals surface area contributed by atoms with Crippen LogP contribution in [0.15, 0.2) is 18.5 Å². The first-order chi connectivity index (χ1) is 16.4. The molecule has 1 saturated heterocycles. The quantitative estimate of drug-likeness (QED) is 0.417. The van der Waals surface area contributed by atoms with Gasteiger partial charge in [-0.05, 0) is 26.2 Å². The van der Waals surface area contributed by atoms with Gasteiger partial charge in [-0.3, -0.25) is 0 Å². The predicted octanol–water partition coefficient (Wildman–Crippen LogP) is 3.64. The monoisotopic (exact) mass is 466 g/mol. The third kappa shape index (κ3) is 3.07. The summed E-state index contributed by atoms with van der Waals surface area (Å²) in [5.74, 6) is -0.420. The van der Waals surface area contributed by atoms with E-state index >= 15 is 4.39 Å². The number of aromatic nitrogens is 5. The van der Waals surface area contributed by atoms with Gasteiger partial charge >= 0.3 is 6.01 Å². The highest BCUT2D eigenvalue weighted by molar-refractivity contribution is 6.15. The summed E-state index contributed by atoms with van der Waals surface area (Å²) >= 11 is 0. The maximum Gasteiger partial charge on any atom is 0.326 e. The number of nitrogens with zero attached hydrogens (tertiary/aromatic N) is 5. The number of aromatic amines is 1. The summed E-state index contributed by atoms with van der Waals surface area (Å²) in [6.07, 6.45) is 6.03. The Morgan fingerprint density at radius 3 is 2.65 bits per heavy atom. The van der Waals surface area contributed by atoms with E-state index in [-0.39, 0.29) is 22.9 Å². The van der Waals surface area contributed by atoms with Crippen molar-refractivity contribution in [3.05, 3.63) is 35.9 Å². The standard InChI is InChI=1S/C23H24F2N8O/c1-11-28-8-12(9-29-11)34-22-31-20-17(16-18(25)13(24)7-14(27-2)19(16)30-20)21(32-22)33-6-5-23(10-33)4-3-15(23)26/h7-9,15,27H,3-6,10,26H2,1-2H3,(H,30,31,32)/t15-,23-/m1/s1. The maximum atomic E-state index is 15.2. The molecule has 4 N–H and O–H groups in total. The van der Waals surface area contributed by atoms with Gasteiger partial charge in [0.05, 0.1) is 34.4 Å². The van der Waals surface area contributed by atoms with Crippen molar-refractivity contribution in [1.29, 1.82) is 0 Å². The van der Waals surface area contributed by atoms with Crippen LogP contribution in [0, 0.1) is 24.0 Å². The molecule has 2 atom stereocenters. The Labute approximate surface area is 193 Å². The largest absolute Gasteiger partial charge is 0.421 e. The third-order valence-corrected chi connectivity index (χ3v) is 7.24. The first-order valence-corrected chi connectivity index (χ1v) is 11.2. The second-order valence-corrected chi connectivity index (χ2v) is 9.15. The lowest BCUT2D eigenvalue weighted by Gasteiger charge is -2.44. The Balaban J connectivity index is 1.55. The normalized spacial score (nSPS) is 22.0. The van der Waals surface area contributed by atoms with Crippen LogP contribution in [0.1, 0.15) is 25.1 Å². The fourth-order valence-corrected chi connectivity index (χ4v) is 5.17. The molecule has 3 aromatic heterocycles. The summed E-state index contributed by atoms with van der Waals surface area (Å²) in [4.78, 5) is 22.6. The molecule has 0 amide bonds. The van der Waals surface area contributed by atoms with E-state index in [1.165, 1.54) is 12.4 Å². The number of nitrogens with two attached hydrogens (primary N) is 1. The number of H-pyrrole nitrogens is 1. The Morgan fingerprint density at radius 1 is 1.21 bits per heavy atom. The fourth-order valence-electron chi connectivity index (χ4n) is 5.17. The molecule has 1 aliphatic carbocycles. The van der Waals surface area contributed by atoms with Gasteiger partial charge in [-0.25, -0.2) is 18.7 Å². The number of benzene rings is 1. The topological polar surface area (TPSA) is 118 Å². The van der Waals surface area contributed by atoms with Crippen LogP contribution in [-0.4, -0.2) is 51.1 Å². The van der Waals surface area contributed by atoms with Crippen LogP contribution in [0.2, 0.25) is 0 Å². The molecule has 6 rings (SSSR count). The van der Waals surface area contributed by atoms with E-state index in [0.717, 1.165) is 25.3 Å². The number of fused-ring (bicyclic) bond motifs is 3. The zero-order chi connectivity index (χ0) is 23.6. The zero-order valence-corrected chi connectivity index (χ0v) is 18.8. The van der Waals surface area contributed by atoms with Crippen molar-refractivity contribution in [1.82, 2.24) is 24.9 Å². The van der Waals surface area contributed by atoms with Crippen LogP contribution in [-0.2, 0) is 0 Å². The number of hydrogen-bond acceptors (Lipinski definition) is 8. The van der Waals surface area contributed by atoms with Gasteiger partial charge in [0.1, 0.15) is 17.3 Å². The second-order valence-electron chi connectivity index (χ2n) is 9.15. The smallest absolute Gasteiger partial charge is 0.326 e. The number of nitrogens with one attached hydrogen (secondary N) is 2. The van der Waals surface area contributed by atoms with E-state index in [0.29, 0.717) is 52.7 Å². The van der Waals surface area contributed by atoms with Crippen LogP contribution in [0.4, 0.5) is 20.3 Å². The highest BCUT2D eigenvalue weighted by atomic mass is 19.2. The molecule has 1 saturated carbocycles. The van der Waals surface area contributed by atoms with Gasteiger partial charge in [0.2, 0.25) is 0 Å². The second kappa shape index (κ2) is 7.45. The van der Waals surface area contributed by atoms with Crippen molar-refractivity contribution in [2.75, 3.05) is 30.4 Å². The first-order valence-electron chi connectivity index (χ1n) is 11.2. The lowest BCUT2D eigenvalue weighted by atomic mass is 9.64. The van der Waals surface area contributed by atoms with Crippen molar-refractivity contribution in [3.8, 4) is 11.8 Å². The molecule has 1 aliphatic heterocycles. The minimum Gasteiger partial charge on any atom is -0.421 e. The van der Waals surface area contributed by atoms with Crippen LogP contribution < -0.4 is 20.7 Å². The predicted molar refractivity (Wildman–Crippen MR) is 124 cm³/mol. The van der Waals surface area contributed by atoms with E-state index in [2.05, 4.69) is 35.1 Å². The van der Waals surface area contributed by atoms with Gasteiger partial charge in [0.15, 0.2) is 17.4 Å². The summed E-state index contributed by atoms with van der Waals surface area (Å²) in [5.41, 5.74) is 7.56. The highest BCUT2D eigenvalue weighted by Crippen LogP contribution is 2.49. The molecule has 4 aromatic rings.